The van der Waals surface area contributed by atoms with Gasteiger partial charge in [0.25, 0.3) is 5.60 Å². The molecule has 142 valence electrons. The number of hydrogen-bond donors (Lipinski definition) is 1. The highest BCUT2D eigenvalue weighted by atomic mass is 35.5. The van der Waals surface area contributed by atoms with E-state index in [1.54, 1.807) is 0 Å². The van der Waals surface area contributed by atoms with Crippen molar-refractivity contribution in [3.8, 4) is 5.75 Å². The zero-order chi connectivity index (χ0) is 19.6. The summed E-state index contributed by atoms with van der Waals surface area (Å²) in [5.41, 5.74) is -5.52. The van der Waals surface area contributed by atoms with Crippen molar-refractivity contribution in [3.05, 3.63) is 64.7 Å². The van der Waals surface area contributed by atoms with E-state index in [2.05, 4.69) is 0 Å². The lowest BCUT2D eigenvalue weighted by Crippen LogP contribution is -2.53. The van der Waals surface area contributed by atoms with Gasteiger partial charge in [0.05, 0.1) is 11.6 Å². The van der Waals surface area contributed by atoms with Crippen LogP contribution in [0.4, 0.5) is 26.3 Å². The van der Waals surface area contributed by atoms with Gasteiger partial charge in [-0.15, -0.1) is 0 Å². The summed E-state index contributed by atoms with van der Waals surface area (Å²) in [5, 5.41) is 8.88. The summed E-state index contributed by atoms with van der Waals surface area (Å²) in [7, 11) is 0. The first-order valence-corrected chi connectivity index (χ1v) is 7.67. The Labute approximate surface area is 150 Å². The van der Waals surface area contributed by atoms with E-state index in [1.807, 2.05) is 30.3 Å². The number of aliphatic hydroxyl groups is 1. The van der Waals surface area contributed by atoms with Crippen LogP contribution in [0.25, 0.3) is 0 Å². The predicted octanol–water partition coefficient (Wildman–Crippen LogP) is 5.27. The molecule has 0 aliphatic heterocycles. The summed E-state index contributed by atoms with van der Waals surface area (Å²) in [6.07, 6.45) is -11.5. The average molecular weight is 399 g/mol. The number of benzene rings is 2. The second kappa shape index (κ2) is 7.36. The Morgan fingerprint density at radius 1 is 0.885 bits per heavy atom. The molecule has 0 saturated carbocycles. The minimum absolute atomic E-state index is 0.0851. The van der Waals surface area contributed by atoms with Gasteiger partial charge in [-0.2, -0.15) is 26.3 Å². The first-order chi connectivity index (χ1) is 12.0. The maximum atomic E-state index is 12.9. The molecular weight excluding hydrogens is 386 g/mol. The fourth-order valence-electron chi connectivity index (χ4n) is 2.25. The van der Waals surface area contributed by atoms with Gasteiger partial charge >= 0.3 is 12.4 Å². The molecule has 0 spiro atoms. The zero-order valence-corrected chi connectivity index (χ0v) is 13.8. The Morgan fingerprint density at radius 2 is 1.46 bits per heavy atom. The molecule has 2 aromatic rings. The molecule has 0 bridgehead atoms. The van der Waals surface area contributed by atoms with Crippen LogP contribution in [0.1, 0.15) is 11.1 Å². The number of ether oxygens (including phenoxy) is 1. The van der Waals surface area contributed by atoms with Crippen molar-refractivity contribution >= 4 is 11.6 Å². The summed E-state index contributed by atoms with van der Waals surface area (Å²) in [5.74, 6) is -0.0851. The highest BCUT2D eigenvalue weighted by Crippen LogP contribution is 2.50. The van der Waals surface area contributed by atoms with Crippen molar-refractivity contribution in [2.24, 2.45) is 0 Å². The lowest BCUT2D eigenvalue weighted by Gasteiger charge is -2.32. The quantitative estimate of drug-likeness (QED) is 0.695. The van der Waals surface area contributed by atoms with E-state index in [0.29, 0.717) is 18.6 Å². The molecular formula is C17H13ClF6O2. The van der Waals surface area contributed by atoms with Gasteiger partial charge in [-0.3, -0.25) is 0 Å². The third kappa shape index (κ3) is 4.07. The fourth-order valence-corrected chi connectivity index (χ4v) is 2.49. The third-order valence-electron chi connectivity index (χ3n) is 3.66. The number of halogens is 7. The standard InChI is InChI=1S/C17H13ClF6O2/c18-13-10-12(15(25,16(19,20)21)17(22,23)24)6-7-14(13)26-9-8-11-4-2-1-3-5-11/h1-7,10,25H,8-9H2. The van der Waals surface area contributed by atoms with Crippen molar-refractivity contribution in [2.45, 2.75) is 24.4 Å². The Hall–Kier alpha value is -1.93. The van der Waals surface area contributed by atoms with Crippen LogP contribution in [0.15, 0.2) is 48.5 Å². The van der Waals surface area contributed by atoms with E-state index in [-0.39, 0.29) is 12.4 Å². The molecule has 0 aliphatic carbocycles. The summed E-state index contributed by atoms with van der Waals surface area (Å²) >= 11 is 5.75. The molecule has 0 atom stereocenters. The molecule has 1 N–H and O–H groups in total. The SMILES string of the molecule is OC(c1ccc(OCCc2ccccc2)c(Cl)c1)(C(F)(F)F)C(F)(F)F. The van der Waals surface area contributed by atoms with Gasteiger partial charge in [0.15, 0.2) is 0 Å². The summed E-state index contributed by atoms with van der Waals surface area (Å²) in [4.78, 5) is 0. The maximum absolute atomic E-state index is 12.9. The molecule has 0 amide bonds. The number of alkyl halides is 6. The number of hydrogen-bond acceptors (Lipinski definition) is 2. The second-order valence-electron chi connectivity index (χ2n) is 5.44. The van der Waals surface area contributed by atoms with Crippen molar-refractivity contribution in [2.75, 3.05) is 6.61 Å². The normalized spacial score (nSPS) is 12.9. The molecule has 2 nitrogen and oxygen atoms in total. The van der Waals surface area contributed by atoms with E-state index >= 15 is 0 Å². The largest absolute Gasteiger partial charge is 0.492 e. The smallest absolute Gasteiger partial charge is 0.430 e. The second-order valence-corrected chi connectivity index (χ2v) is 5.84. The molecule has 0 unspecified atom stereocenters. The van der Waals surface area contributed by atoms with Crippen molar-refractivity contribution in [1.29, 1.82) is 0 Å². The molecule has 0 aliphatic rings. The molecule has 0 radical (unpaired) electrons. The van der Waals surface area contributed by atoms with Gasteiger partial charge in [0.2, 0.25) is 0 Å². The van der Waals surface area contributed by atoms with Crippen molar-refractivity contribution < 1.29 is 36.2 Å². The van der Waals surface area contributed by atoms with Gasteiger partial charge in [-0.1, -0.05) is 48.0 Å². The van der Waals surface area contributed by atoms with Crippen LogP contribution in [0.5, 0.6) is 5.75 Å². The first kappa shape index (κ1) is 20.4. The Bertz CT molecular complexity index is 729. The predicted molar refractivity (Wildman–Crippen MR) is 83.1 cm³/mol. The van der Waals surface area contributed by atoms with E-state index in [9.17, 15) is 31.4 Å². The van der Waals surface area contributed by atoms with E-state index in [4.69, 9.17) is 16.3 Å². The molecule has 0 aromatic heterocycles. The van der Waals surface area contributed by atoms with E-state index < -0.39 is 28.5 Å². The number of rotatable bonds is 5. The summed E-state index contributed by atoms with van der Waals surface area (Å²) < 4.78 is 82.5. The van der Waals surface area contributed by atoms with Crippen LogP contribution in [0, 0.1) is 0 Å². The minimum atomic E-state index is -5.97. The lowest BCUT2D eigenvalue weighted by molar-refractivity contribution is -0.376. The minimum Gasteiger partial charge on any atom is -0.492 e. The zero-order valence-electron chi connectivity index (χ0n) is 13.0. The van der Waals surface area contributed by atoms with Gasteiger partial charge in [0, 0.05) is 12.0 Å². The Morgan fingerprint density at radius 3 is 1.96 bits per heavy atom. The lowest BCUT2D eigenvalue weighted by atomic mass is 9.92. The van der Waals surface area contributed by atoms with Crippen LogP contribution in [0.2, 0.25) is 5.02 Å². The van der Waals surface area contributed by atoms with Crippen LogP contribution in [0.3, 0.4) is 0 Å². The first-order valence-electron chi connectivity index (χ1n) is 7.29. The summed E-state index contributed by atoms with van der Waals surface area (Å²) in [6, 6.07) is 10.9. The molecule has 0 heterocycles. The molecule has 9 heteroatoms. The molecule has 0 saturated heterocycles. The van der Waals surface area contributed by atoms with E-state index in [0.717, 1.165) is 11.6 Å². The fraction of sp³-hybridized carbons (Fsp3) is 0.294. The Balaban J connectivity index is 2.20. The summed E-state index contributed by atoms with van der Waals surface area (Å²) in [6.45, 7) is 0.117. The molecule has 2 aromatic carbocycles. The van der Waals surface area contributed by atoms with Gasteiger partial charge < -0.3 is 9.84 Å². The van der Waals surface area contributed by atoms with Gasteiger partial charge in [-0.25, -0.2) is 0 Å². The van der Waals surface area contributed by atoms with Crippen molar-refractivity contribution in [1.82, 2.24) is 0 Å². The highest BCUT2D eigenvalue weighted by Gasteiger charge is 2.71. The van der Waals surface area contributed by atoms with Crippen LogP contribution in [-0.2, 0) is 12.0 Å². The van der Waals surface area contributed by atoms with Crippen molar-refractivity contribution in [3.63, 3.8) is 0 Å². The molecule has 26 heavy (non-hydrogen) atoms. The van der Waals surface area contributed by atoms with Gasteiger partial charge in [-0.05, 0) is 17.7 Å². The van der Waals surface area contributed by atoms with Crippen LogP contribution < -0.4 is 4.74 Å². The average Bonchev–Trinajstić information content (AvgIpc) is 2.54. The molecule has 0 fully saturated rings. The third-order valence-corrected chi connectivity index (χ3v) is 3.96. The van der Waals surface area contributed by atoms with Crippen LogP contribution in [-0.4, -0.2) is 24.1 Å². The Kier molecular flexibility index (Phi) is 5.77. The highest BCUT2D eigenvalue weighted by molar-refractivity contribution is 6.32. The maximum Gasteiger partial charge on any atom is 0.430 e. The molecule has 2 rings (SSSR count). The topological polar surface area (TPSA) is 29.5 Å². The van der Waals surface area contributed by atoms with Gasteiger partial charge in [0.1, 0.15) is 5.75 Å². The van der Waals surface area contributed by atoms with E-state index in [1.165, 1.54) is 0 Å². The van der Waals surface area contributed by atoms with Crippen LogP contribution >= 0.6 is 11.6 Å². The monoisotopic (exact) mass is 398 g/mol.